The summed E-state index contributed by atoms with van der Waals surface area (Å²) in [4.78, 5) is 0. The number of alkyl halides is 3. The van der Waals surface area contributed by atoms with Crippen molar-refractivity contribution < 1.29 is 21.6 Å². The van der Waals surface area contributed by atoms with Crippen molar-refractivity contribution in [3.63, 3.8) is 0 Å². The van der Waals surface area contributed by atoms with Crippen LogP contribution in [0, 0.1) is 0 Å². The average molecular weight is 333 g/mol. The van der Waals surface area contributed by atoms with Crippen LogP contribution in [0.15, 0.2) is 30.6 Å². The number of nitrogen functional groups attached to an aromatic ring is 1. The van der Waals surface area contributed by atoms with Gasteiger partial charge in [-0.3, -0.25) is 0 Å². The van der Waals surface area contributed by atoms with Gasteiger partial charge < -0.3 is 5.73 Å². The predicted molar refractivity (Wildman–Crippen MR) is 76.5 cm³/mol. The fourth-order valence-corrected chi connectivity index (χ4v) is 2.68. The highest BCUT2D eigenvalue weighted by Gasteiger charge is 2.32. The first kappa shape index (κ1) is 16.3. The van der Waals surface area contributed by atoms with Crippen molar-refractivity contribution >= 4 is 15.7 Å². The number of anilines is 1. The minimum atomic E-state index is -4.53. The van der Waals surface area contributed by atoms with Gasteiger partial charge in [0.25, 0.3) is 10.0 Å². The van der Waals surface area contributed by atoms with Gasteiger partial charge in [-0.15, -0.1) is 0 Å². The van der Waals surface area contributed by atoms with Crippen molar-refractivity contribution in [2.45, 2.75) is 25.3 Å². The Hall–Kier alpha value is -2.03. The van der Waals surface area contributed by atoms with Crippen LogP contribution in [0.2, 0.25) is 0 Å². The first-order valence-corrected chi connectivity index (χ1v) is 7.80. The fraction of sp³-hybridized carbons (Fsp3) is 0.308. The van der Waals surface area contributed by atoms with Crippen molar-refractivity contribution in [3.8, 4) is 11.1 Å². The van der Waals surface area contributed by atoms with Crippen molar-refractivity contribution in [3.05, 3.63) is 36.2 Å². The zero-order valence-corrected chi connectivity index (χ0v) is 12.6. The van der Waals surface area contributed by atoms with Gasteiger partial charge in [0.1, 0.15) is 0 Å². The van der Waals surface area contributed by atoms with Gasteiger partial charge in [0.05, 0.1) is 23.2 Å². The van der Waals surface area contributed by atoms with Gasteiger partial charge in [-0.25, -0.2) is 8.42 Å². The van der Waals surface area contributed by atoms with Gasteiger partial charge in [0.2, 0.25) is 0 Å². The zero-order valence-electron chi connectivity index (χ0n) is 11.8. The predicted octanol–water partition coefficient (Wildman–Crippen LogP) is 2.74. The molecular formula is C13H14F3N3O2S. The maximum Gasteiger partial charge on any atom is 0.418 e. The molecule has 0 unspecified atom stereocenters. The fourth-order valence-electron chi connectivity index (χ4n) is 1.81. The molecule has 120 valence electrons. The summed E-state index contributed by atoms with van der Waals surface area (Å²) in [5.74, 6) is 0. The molecule has 0 bridgehead atoms. The van der Waals surface area contributed by atoms with Crippen LogP contribution >= 0.6 is 0 Å². The Bertz CT molecular complexity index is 795. The molecule has 2 aromatic rings. The molecule has 0 fully saturated rings. The van der Waals surface area contributed by atoms with E-state index in [2.05, 4.69) is 5.10 Å². The number of nitrogens with two attached hydrogens (primary N) is 1. The van der Waals surface area contributed by atoms with Crippen LogP contribution in [0.5, 0.6) is 0 Å². The SMILES string of the molecule is CC(C)S(=O)(=O)n1cc(-c2ccc(C(F)(F)F)c(N)c2)cn1. The second-order valence-corrected chi connectivity index (χ2v) is 7.34. The molecule has 22 heavy (non-hydrogen) atoms. The van der Waals surface area contributed by atoms with E-state index < -0.39 is 32.7 Å². The molecule has 0 saturated carbocycles. The molecule has 2 N–H and O–H groups in total. The second kappa shape index (κ2) is 5.31. The maximum atomic E-state index is 12.7. The molecule has 0 radical (unpaired) electrons. The van der Waals surface area contributed by atoms with Crippen LogP contribution in [-0.2, 0) is 16.2 Å². The topological polar surface area (TPSA) is 78.0 Å². The minimum absolute atomic E-state index is 0.357. The zero-order chi connectivity index (χ0) is 16.7. The lowest BCUT2D eigenvalue weighted by Gasteiger charge is -2.10. The third kappa shape index (κ3) is 2.94. The summed E-state index contributed by atoms with van der Waals surface area (Å²) in [5.41, 5.74) is 4.78. The van der Waals surface area contributed by atoms with Crippen molar-refractivity contribution in [1.29, 1.82) is 0 Å². The molecule has 5 nitrogen and oxygen atoms in total. The number of aromatic nitrogens is 2. The van der Waals surface area contributed by atoms with Gasteiger partial charge in [-0.1, -0.05) is 6.07 Å². The highest BCUT2D eigenvalue weighted by molar-refractivity contribution is 7.90. The highest BCUT2D eigenvalue weighted by atomic mass is 32.2. The summed E-state index contributed by atoms with van der Waals surface area (Å²) in [5, 5.41) is 3.08. The average Bonchev–Trinajstić information content (AvgIpc) is 2.86. The molecular weight excluding hydrogens is 319 g/mol. The monoisotopic (exact) mass is 333 g/mol. The van der Waals surface area contributed by atoms with Crippen LogP contribution in [-0.4, -0.2) is 22.9 Å². The van der Waals surface area contributed by atoms with E-state index >= 15 is 0 Å². The van der Waals surface area contributed by atoms with E-state index in [4.69, 9.17) is 5.73 Å². The Morgan fingerprint density at radius 3 is 2.36 bits per heavy atom. The number of nitrogens with zero attached hydrogens (tertiary/aromatic N) is 2. The van der Waals surface area contributed by atoms with E-state index in [1.165, 1.54) is 32.3 Å². The summed E-state index contributed by atoms with van der Waals surface area (Å²) in [6.45, 7) is 3.01. The van der Waals surface area contributed by atoms with Crippen LogP contribution in [0.4, 0.5) is 18.9 Å². The molecule has 1 heterocycles. The summed E-state index contributed by atoms with van der Waals surface area (Å²) < 4.78 is 62.7. The van der Waals surface area contributed by atoms with Crippen LogP contribution in [0.3, 0.4) is 0 Å². The molecule has 0 atom stereocenters. The smallest absolute Gasteiger partial charge is 0.398 e. The minimum Gasteiger partial charge on any atom is -0.398 e. The lowest BCUT2D eigenvalue weighted by molar-refractivity contribution is -0.136. The van der Waals surface area contributed by atoms with E-state index in [9.17, 15) is 21.6 Å². The van der Waals surface area contributed by atoms with Gasteiger partial charge >= 0.3 is 6.18 Å². The third-order valence-corrected chi connectivity index (χ3v) is 5.02. The maximum absolute atomic E-state index is 12.7. The molecule has 2 rings (SSSR count). The molecule has 0 aliphatic heterocycles. The molecule has 0 saturated heterocycles. The van der Waals surface area contributed by atoms with Gasteiger partial charge in [0.15, 0.2) is 0 Å². The molecule has 1 aromatic heterocycles. The Balaban J connectivity index is 2.43. The number of hydrogen-bond donors (Lipinski definition) is 1. The third-order valence-electron chi connectivity index (χ3n) is 3.11. The summed E-state index contributed by atoms with van der Waals surface area (Å²) >= 11 is 0. The molecule has 0 aliphatic carbocycles. The van der Waals surface area contributed by atoms with Gasteiger partial charge in [0, 0.05) is 11.3 Å². The lowest BCUT2D eigenvalue weighted by Crippen LogP contribution is -2.22. The molecule has 0 amide bonds. The largest absolute Gasteiger partial charge is 0.418 e. The van der Waals surface area contributed by atoms with E-state index in [-0.39, 0.29) is 0 Å². The van der Waals surface area contributed by atoms with E-state index in [1.807, 2.05) is 0 Å². The Kier molecular flexibility index (Phi) is 3.94. The van der Waals surface area contributed by atoms with Crippen LogP contribution in [0.1, 0.15) is 19.4 Å². The summed E-state index contributed by atoms with van der Waals surface area (Å²) in [6.07, 6.45) is -2.02. The number of rotatable bonds is 3. The number of hydrogen-bond acceptors (Lipinski definition) is 4. The Morgan fingerprint density at radius 1 is 1.23 bits per heavy atom. The lowest BCUT2D eigenvalue weighted by atomic mass is 10.1. The Morgan fingerprint density at radius 2 is 1.86 bits per heavy atom. The highest BCUT2D eigenvalue weighted by Crippen LogP contribution is 2.35. The van der Waals surface area contributed by atoms with Crippen LogP contribution < -0.4 is 5.73 Å². The standard InChI is InChI=1S/C13H14F3N3O2S/c1-8(2)22(20,21)19-7-10(6-18-19)9-3-4-11(12(17)5-9)13(14,15)16/h3-8H,17H2,1-2H3. The first-order valence-electron chi connectivity index (χ1n) is 6.29. The number of benzene rings is 1. The molecule has 0 spiro atoms. The van der Waals surface area contributed by atoms with Crippen molar-refractivity contribution in [2.75, 3.05) is 5.73 Å². The molecule has 1 aromatic carbocycles. The van der Waals surface area contributed by atoms with Crippen molar-refractivity contribution in [2.24, 2.45) is 0 Å². The van der Waals surface area contributed by atoms with Crippen molar-refractivity contribution in [1.82, 2.24) is 9.19 Å². The molecule has 0 aliphatic rings. The summed E-state index contributed by atoms with van der Waals surface area (Å²) in [6, 6.07) is 3.23. The quantitative estimate of drug-likeness (QED) is 0.876. The van der Waals surface area contributed by atoms with Crippen LogP contribution in [0.25, 0.3) is 11.1 Å². The van der Waals surface area contributed by atoms with Gasteiger partial charge in [-0.05, 0) is 31.5 Å². The van der Waals surface area contributed by atoms with E-state index in [0.717, 1.165) is 16.2 Å². The normalized spacial score (nSPS) is 12.8. The summed E-state index contributed by atoms with van der Waals surface area (Å²) in [7, 11) is -3.61. The Labute approximate surface area is 125 Å². The number of halogens is 3. The second-order valence-electron chi connectivity index (χ2n) is 5.00. The van der Waals surface area contributed by atoms with E-state index in [0.29, 0.717) is 11.1 Å². The van der Waals surface area contributed by atoms with Gasteiger partial charge in [-0.2, -0.15) is 22.4 Å². The molecule has 9 heteroatoms. The van der Waals surface area contributed by atoms with E-state index in [1.54, 1.807) is 0 Å². The first-order chi connectivity index (χ1) is 10.0.